The van der Waals surface area contributed by atoms with Gasteiger partial charge in [-0.1, -0.05) is 30.3 Å². The minimum absolute atomic E-state index is 0.264. The molecule has 0 saturated heterocycles. The van der Waals surface area contributed by atoms with Crippen LogP contribution in [0, 0.1) is 0 Å². The van der Waals surface area contributed by atoms with Crippen molar-refractivity contribution in [1.29, 1.82) is 0 Å². The summed E-state index contributed by atoms with van der Waals surface area (Å²) in [6.07, 6.45) is 1.85. The number of nitrogens with zero attached hydrogens (tertiary/aromatic N) is 1. The molecule has 0 radical (unpaired) electrons. The maximum Gasteiger partial charge on any atom is 0.399 e. The Morgan fingerprint density at radius 3 is 2.84 bits per heavy atom. The van der Waals surface area contributed by atoms with Gasteiger partial charge in [0, 0.05) is 6.54 Å². The molecule has 0 bridgehead atoms. The smallest absolute Gasteiger partial charge is 0.399 e. The lowest BCUT2D eigenvalue weighted by atomic mass is 10.1. The van der Waals surface area contributed by atoms with E-state index in [4.69, 9.17) is 9.15 Å². The molecule has 96 valence electrons. The molecule has 0 spiro atoms. The van der Waals surface area contributed by atoms with E-state index in [1.165, 1.54) is 5.39 Å². The van der Waals surface area contributed by atoms with Crippen LogP contribution < -0.4 is 10.1 Å². The number of fused-ring (bicyclic) bond motifs is 1. The number of ether oxygens (including phenoxy) is 1. The predicted octanol–water partition coefficient (Wildman–Crippen LogP) is 3.34. The minimum atomic E-state index is 0.264. The van der Waals surface area contributed by atoms with Gasteiger partial charge in [0.25, 0.3) is 0 Å². The lowest BCUT2D eigenvalue weighted by molar-refractivity contribution is 0.331. The second-order valence-electron chi connectivity index (χ2n) is 4.25. The van der Waals surface area contributed by atoms with Crippen molar-refractivity contribution in [2.24, 2.45) is 0 Å². The van der Waals surface area contributed by atoms with E-state index in [-0.39, 0.29) is 6.08 Å². The largest absolute Gasteiger partial charge is 0.417 e. The molecule has 3 rings (SSSR count). The molecular weight excluding hydrogens is 240 g/mol. The summed E-state index contributed by atoms with van der Waals surface area (Å²) < 4.78 is 10.9. The molecule has 2 aromatic carbocycles. The van der Waals surface area contributed by atoms with E-state index in [2.05, 4.69) is 16.4 Å². The molecule has 0 saturated carbocycles. The van der Waals surface area contributed by atoms with Crippen molar-refractivity contribution in [3.63, 3.8) is 0 Å². The predicted molar refractivity (Wildman–Crippen MR) is 73.3 cm³/mol. The van der Waals surface area contributed by atoms with Crippen LogP contribution in [0.5, 0.6) is 11.8 Å². The summed E-state index contributed by atoms with van der Waals surface area (Å²) in [6.45, 7) is 0.657. The van der Waals surface area contributed by atoms with E-state index >= 15 is 0 Å². The van der Waals surface area contributed by atoms with Crippen LogP contribution in [-0.2, 0) is 6.54 Å². The molecule has 1 aromatic heterocycles. The summed E-state index contributed by atoms with van der Waals surface area (Å²) in [4.78, 5) is 4.22. The van der Waals surface area contributed by atoms with Crippen LogP contribution in [0.25, 0.3) is 10.8 Å². The van der Waals surface area contributed by atoms with Gasteiger partial charge in [-0.05, 0) is 30.0 Å². The van der Waals surface area contributed by atoms with Gasteiger partial charge >= 0.3 is 6.08 Å². The van der Waals surface area contributed by atoms with Crippen LogP contribution in [-0.4, -0.2) is 12.0 Å². The normalized spacial score (nSPS) is 10.8. The first-order chi connectivity index (χ1) is 9.35. The molecule has 4 heteroatoms. The number of hydrogen-bond acceptors (Lipinski definition) is 4. The van der Waals surface area contributed by atoms with Crippen molar-refractivity contribution in [3.8, 4) is 11.8 Å². The highest BCUT2D eigenvalue weighted by molar-refractivity contribution is 5.83. The van der Waals surface area contributed by atoms with Gasteiger partial charge in [-0.3, -0.25) is 0 Å². The summed E-state index contributed by atoms with van der Waals surface area (Å²) in [5, 5.41) is 5.31. The standard InChI is InChI=1S/C15H14N2O2/c1-16-9-13-10-18-15(17-13)19-14-7-6-11-4-2-3-5-12(11)8-14/h2-8,10,16H,9H2,1H3. The molecule has 0 aliphatic rings. The Morgan fingerprint density at radius 1 is 1.16 bits per heavy atom. The number of rotatable bonds is 4. The minimum Gasteiger partial charge on any atom is -0.417 e. The monoisotopic (exact) mass is 254 g/mol. The zero-order valence-electron chi connectivity index (χ0n) is 10.6. The first-order valence-corrected chi connectivity index (χ1v) is 6.11. The summed E-state index contributed by atoms with van der Waals surface area (Å²) in [5.41, 5.74) is 0.818. The Morgan fingerprint density at radius 2 is 2.00 bits per heavy atom. The number of benzene rings is 2. The molecular formula is C15H14N2O2. The first-order valence-electron chi connectivity index (χ1n) is 6.11. The summed E-state index contributed by atoms with van der Waals surface area (Å²) in [5.74, 6) is 0.719. The molecule has 19 heavy (non-hydrogen) atoms. The van der Waals surface area contributed by atoms with Gasteiger partial charge in [0.2, 0.25) is 0 Å². The summed E-state index contributed by atoms with van der Waals surface area (Å²) >= 11 is 0. The maximum absolute atomic E-state index is 5.61. The van der Waals surface area contributed by atoms with Crippen LogP contribution >= 0.6 is 0 Å². The number of hydrogen-bond donors (Lipinski definition) is 1. The number of oxazole rings is 1. The summed E-state index contributed by atoms with van der Waals surface area (Å²) in [7, 11) is 1.86. The fraction of sp³-hybridized carbons (Fsp3) is 0.133. The van der Waals surface area contributed by atoms with E-state index in [0.29, 0.717) is 6.54 Å². The molecule has 0 amide bonds. The van der Waals surface area contributed by atoms with Crippen LogP contribution in [0.4, 0.5) is 0 Å². The van der Waals surface area contributed by atoms with Crippen LogP contribution in [0.1, 0.15) is 5.69 Å². The van der Waals surface area contributed by atoms with Gasteiger partial charge in [-0.2, -0.15) is 4.98 Å². The summed E-state index contributed by atoms with van der Waals surface area (Å²) in [6, 6.07) is 14.0. The maximum atomic E-state index is 5.61. The van der Waals surface area contributed by atoms with Gasteiger partial charge in [0.1, 0.15) is 12.0 Å². The number of nitrogens with one attached hydrogen (secondary N) is 1. The van der Waals surface area contributed by atoms with Crippen molar-refractivity contribution in [1.82, 2.24) is 10.3 Å². The third-order valence-corrected chi connectivity index (χ3v) is 2.81. The third-order valence-electron chi connectivity index (χ3n) is 2.81. The highest BCUT2D eigenvalue weighted by atomic mass is 16.6. The SMILES string of the molecule is CNCc1coc(Oc2ccc3ccccc3c2)n1. The van der Waals surface area contributed by atoms with E-state index < -0.39 is 0 Å². The van der Waals surface area contributed by atoms with Gasteiger partial charge in [-0.15, -0.1) is 0 Å². The van der Waals surface area contributed by atoms with E-state index in [9.17, 15) is 0 Å². The fourth-order valence-corrected chi connectivity index (χ4v) is 1.93. The van der Waals surface area contributed by atoms with Crippen LogP contribution in [0.2, 0.25) is 0 Å². The molecule has 0 unspecified atom stereocenters. The topological polar surface area (TPSA) is 47.3 Å². The molecule has 1 N–H and O–H groups in total. The lowest BCUT2D eigenvalue weighted by Gasteiger charge is -2.02. The molecule has 0 aliphatic heterocycles. The van der Waals surface area contributed by atoms with E-state index in [0.717, 1.165) is 16.8 Å². The molecule has 1 heterocycles. The molecule has 0 aliphatic carbocycles. The molecule has 4 nitrogen and oxygen atoms in total. The zero-order valence-corrected chi connectivity index (χ0v) is 10.6. The van der Waals surface area contributed by atoms with Crippen molar-refractivity contribution in [2.75, 3.05) is 7.05 Å². The van der Waals surface area contributed by atoms with E-state index in [1.54, 1.807) is 6.26 Å². The van der Waals surface area contributed by atoms with Gasteiger partial charge in [0.05, 0.1) is 5.69 Å². The Labute approximate surface area is 111 Å². The van der Waals surface area contributed by atoms with Gasteiger partial charge in [0.15, 0.2) is 0 Å². The quantitative estimate of drug-likeness (QED) is 0.775. The third kappa shape index (κ3) is 2.58. The average Bonchev–Trinajstić information content (AvgIpc) is 2.86. The molecule has 0 fully saturated rings. The van der Waals surface area contributed by atoms with Gasteiger partial charge < -0.3 is 14.5 Å². The zero-order chi connectivity index (χ0) is 13.1. The Hall–Kier alpha value is -2.33. The van der Waals surface area contributed by atoms with Crippen molar-refractivity contribution >= 4 is 10.8 Å². The van der Waals surface area contributed by atoms with Crippen molar-refractivity contribution in [2.45, 2.75) is 6.54 Å². The fourth-order valence-electron chi connectivity index (χ4n) is 1.93. The molecule has 0 atom stereocenters. The Balaban J connectivity index is 1.83. The van der Waals surface area contributed by atoms with Crippen molar-refractivity contribution in [3.05, 3.63) is 54.4 Å². The Bertz CT molecular complexity index is 691. The second kappa shape index (κ2) is 5.12. The van der Waals surface area contributed by atoms with Crippen LogP contribution in [0.3, 0.4) is 0 Å². The first kappa shape index (κ1) is 11.7. The lowest BCUT2D eigenvalue weighted by Crippen LogP contribution is -2.04. The van der Waals surface area contributed by atoms with Crippen LogP contribution in [0.15, 0.2) is 53.1 Å². The Kier molecular flexibility index (Phi) is 3.16. The highest BCUT2D eigenvalue weighted by Gasteiger charge is 2.06. The second-order valence-corrected chi connectivity index (χ2v) is 4.25. The number of aromatic nitrogens is 1. The van der Waals surface area contributed by atoms with Gasteiger partial charge in [-0.25, -0.2) is 0 Å². The van der Waals surface area contributed by atoms with Crippen molar-refractivity contribution < 1.29 is 9.15 Å². The van der Waals surface area contributed by atoms with E-state index in [1.807, 2.05) is 43.4 Å². The highest BCUT2D eigenvalue weighted by Crippen LogP contribution is 2.25. The average molecular weight is 254 g/mol. The molecule has 3 aromatic rings.